The smallest absolute Gasteiger partial charge is 0.274 e. The van der Waals surface area contributed by atoms with Crippen molar-refractivity contribution in [3.63, 3.8) is 0 Å². The van der Waals surface area contributed by atoms with Gasteiger partial charge < -0.3 is 14.9 Å². The van der Waals surface area contributed by atoms with Crippen molar-refractivity contribution in [2.24, 2.45) is 7.05 Å². The Morgan fingerprint density at radius 2 is 2.18 bits per heavy atom. The number of carbonyl (C=O) groups excluding carboxylic acids is 1. The lowest BCUT2D eigenvalue weighted by Crippen LogP contribution is -2.19. The fourth-order valence-corrected chi connectivity index (χ4v) is 2.51. The van der Waals surface area contributed by atoms with Crippen LogP contribution in [0.1, 0.15) is 25.8 Å². The molecule has 2 aromatic heterocycles. The molecule has 22 heavy (non-hydrogen) atoms. The van der Waals surface area contributed by atoms with Crippen LogP contribution in [-0.4, -0.2) is 22.5 Å². The quantitative estimate of drug-likeness (QED) is 0.672. The summed E-state index contributed by atoms with van der Waals surface area (Å²) in [4.78, 5) is 27.0. The van der Waals surface area contributed by atoms with Crippen LogP contribution in [0.2, 0.25) is 0 Å². The topological polar surface area (TPSA) is 66.9 Å². The van der Waals surface area contributed by atoms with Gasteiger partial charge in [-0.15, -0.1) is 0 Å². The van der Waals surface area contributed by atoms with E-state index >= 15 is 0 Å². The number of H-pyrrole nitrogens is 1. The molecule has 0 saturated heterocycles. The van der Waals surface area contributed by atoms with Crippen LogP contribution in [0.4, 0.5) is 0 Å². The van der Waals surface area contributed by atoms with Crippen molar-refractivity contribution in [3.05, 3.63) is 52.1 Å². The number of hydrogen-bond donors (Lipinski definition) is 2. The lowest BCUT2D eigenvalue weighted by molar-refractivity contribution is -0.116. The summed E-state index contributed by atoms with van der Waals surface area (Å²) < 4.78 is 1.56. The maximum Gasteiger partial charge on any atom is 0.274 e. The molecule has 0 spiro atoms. The van der Waals surface area contributed by atoms with E-state index in [0.717, 1.165) is 22.9 Å². The molecule has 0 aromatic carbocycles. The van der Waals surface area contributed by atoms with Crippen molar-refractivity contribution in [3.8, 4) is 0 Å². The Bertz CT molecular complexity index is 822. The normalized spacial score (nSPS) is 12.7. The second kappa shape index (κ2) is 6.47. The Morgan fingerprint density at radius 1 is 1.45 bits per heavy atom. The van der Waals surface area contributed by atoms with E-state index in [0.29, 0.717) is 11.1 Å². The molecule has 0 aliphatic rings. The number of amides is 1. The van der Waals surface area contributed by atoms with Gasteiger partial charge in [-0.3, -0.25) is 9.59 Å². The highest BCUT2D eigenvalue weighted by Crippen LogP contribution is 2.26. The number of nitrogens with zero attached hydrogens (tertiary/aromatic N) is 1. The molecule has 0 fully saturated rings. The molecule has 5 nitrogen and oxygen atoms in total. The molecule has 0 atom stereocenters. The van der Waals surface area contributed by atoms with Crippen LogP contribution in [-0.2, 0) is 11.8 Å². The van der Waals surface area contributed by atoms with Crippen molar-refractivity contribution in [2.45, 2.75) is 20.3 Å². The van der Waals surface area contributed by atoms with Crippen LogP contribution in [0, 0.1) is 0 Å². The predicted molar refractivity (Wildman–Crippen MR) is 89.6 cm³/mol. The molecule has 2 rings (SSSR count). The number of nitrogens with one attached hydrogen (secondary N) is 2. The highest BCUT2D eigenvalue weighted by atomic mass is 16.1. The average Bonchev–Trinajstić information content (AvgIpc) is 3.01. The van der Waals surface area contributed by atoms with Gasteiger partial charge in [-0.2, -0.15) is 0 Å². The van der Waals surface area contributed by atoms with E-state index in [9.17, 15) is 9.59 Å². The molecule has 5 heteroatoms. The molecule has 0 bridgehead atoms. The first-order valence-electron chi connectivity index (χ1n) is 7.29. The summed E-state index contributed by atoms with van der Waals surface area (Å²) in [7, 11) is 3.34. The van der Waals surface area contributed by atoms with Crippen LogP contribution in [0.15, 0.2) is 41.0 Å². The third-order valence-corrected chi connectivity index (χ3v) is 3.75. The number of allylic oxidation sites excluding steroid dienone is 2. The fraction of sp³-hybridized carbons (Fsp3) is 0.294. The molecule has 2 aromatic rings. The zero-order chi connectivity index (χ0) is 16.3. The standard InChI is InChI=1S/C17H21N3O2/c1-5-11(9-12(6-2)16(21)18-3)14-10-20(4)17(22)15-13(14)7-8-19-15/h6-10,19H,5H2,1-4H3,(H,18,21)/b11-9+,12-6+. The van der Waals surface area contributed by atoms with E-state index < -0.39 is 0 Å². The van der Waals surface area contributed by atoms with Crippen molar-refractivity contribution >= 4 is 22.4 Å². The summed E-state index contributed by atoms with van der Waals surface area (Å²) in [6.45, 7) is 3.87. The molecule has 0 aliphatic carbocycles. The lowest BCUT2D eigenvalue weighted by atomic mass is 9.99. The number of carbonyl (C=O) groups is 1. The zero-order valence-corrected chi connectivity index (χ0v) is 13.4. The predicted octanol–water partition coefficient (Wildman–Crippen LogP) is 2.35. The molecule has 0 saturated carbocycles. The molecular weight excluding hydrogens is 278 g/mol. The van der Waals surface area contributed by atoms with Crippen LogP contribution in [0.3, 0.4) is 0 Å². The van der Waals surface area contributed by atoms with Gasteiger partial charge in [-0.05, 0) is 31.1 Å². The average molecular weight is 299 g/mol. The number of fused-ring (bicyclic) bond motifs is 1. The zero-order valence-electron chi connectivity index (χ0n) is 13.4. The van der Waals surface area contributed by atoms with Crippen molar-refractivity contribution in [2.75, 3.05) is 7.05 Å². The number of pyridine rings is 1. The van der Waals surface area contributed by atoms with Gasteiger partial charge in [-0.1, -0.05) is 13.0 Å². The van der Waals surface area contributed by atoms with Gasteiger partial charge in [0, 0.05) is 43.0 Å². The SMILES string of the molecule is C/C=C(\C=C(/CC)c1cn(C)c(=O)c2[nH]ccc12)C(=O)NC. The molecule has 2 heterocycles. The van der Waals surface area contributed by atoms with Gasteiger partial charge in [0.25, 0.3) is 11.5 Å². The van der Waals surface area contributed by atoms with E-state index in [1.165, 1.54) is 0 Å². The third kappa shape index (κ3) is 2.74. The summed E-state index contributed by atoms with van der Waals surface area (Å²) in [5, 5.41) is 3.51. The largest absolute Gasteiger partial charge is 0.357 e. The number of likely N-dealkylation sites (N-methyl/N-ethyl adjacent to an activating group) is 1. The monoisotopic (exact) mass is 299 g/mol. The molecule has 2 N–H and O–H groups in total. The summed E-state index contributed by atoms with van der Waals surface area (Å²) in [6, 6.07) is 1.89. The maximum absolute atomic E-state index is 12.1. The second-order valence-corrected chi connectivity index (χ2v) is 5.07. The minimum Gasteiger partial charge on any atom is -0.357 e. The summed E-state index contributed by atoms with van der Waals surface area (Å²) in [6.07, 6.45) is 8.01. The van der Waals surface area contributed by atoms with Crippen molar-refractivity contribution in [1.82, 2.24) is 14.9 Å². The molecule has 0 aliphatic heterocycles. The Morgan fingerprint density at radius 3 is 2.77 bits per heavy atom. The number of aryl methyl sites for hydroxylation is 1. The number of aromatic nitrogens is 2. The van der Waals surface area contributed by atoms with Crippen molar-refractivity contribution in [1.29, 1.82) is 0 Å². The fourth-order valence-electron chi connectivity index (χ4n) is 2.51. The Kier molecular flexibility index (Phi) is 4.65. The maximum atomic E-state index is 12.1. The Labute approximate surface area is 129 Å². The van der Waals surface area contributed by atoms with Gasteiger partial charge >= 0.3 is 0 Å². The summed E-state index contributed by atoms with van der Waals surface area (Å²) in [5.41, 5.74) is 3.11. The third-order valence-electron chi connectivity index (χ3n) is 3.75. The van der Waals surface area contributed by atoms with E-state index in [1.807, 2.05) is 32.2 Å². The molecular formula is C17H21N3O2. The number of aromatic amines is 1. The highest BCUT2D eigenvalue weighted by molar-refractivity contribution is 5.99. The minimum absolute atomic E-state index is 0.0586. The van der Waals surface area contributed by atoms with Crippen molar-refractivity contribution < 1.29 is 4.79 Å². The van der Waals surface area contributed by atoms with Crippen LogP contribution < -0.4 is 10.9 Å². The Balaban J connectivity index is 2.67. The molecule has 0 unspecified atom stereocenters. The van der Waals surface area contributed by atoms with Gasteiger partial charge in [-0.25, -0.2) is 0 Å². The van der Waals surface area contributed by atoms with E-state index in [1.54, 1.807) is 30.9 Å². The second-order valence-electron chi connectivity index (χ2n) is 5.07. The van der Waals surface area contributed by atoms with E-state index in [2.05, 4.69) is 10.3 Å². The van der Waals surface area contributed by atoms with Gasteiger partial charge in [0.05, 0.1) is 0 Å². The van der Waals surface area contributed by atoms with Gasteiger partial charge in [0.1, 0.15) is 5.52 Å². The number of rotatable bonds is 4. The van der Waals surface area contributed by atoms with Crippen LogP contribution >= 0.6 is 0 Å². The highest BCUT2D eigenvalue weighted by Gasteiger charge is 2.12. The lowest BCUT2D eigenvalue weighted by Gasteiger charge is -2.10. The number of hydrogen-bond acceptors (Lipinski definition) is 2. The van der Waals surface area contributed by atoms with E-state index in [4.69, 9.17) is 0 Å². The Hall–Kier alpha value is -2.56. The van der Waals surface area contributed by atoms with Gasteiger partial charge in [0.2, 0.25) is 0 Å². The molecule has 1 amide bonds. The summed E-state index contributed by atoms with van der Waals surface area (Å²) >= 11 is 0. The minimum atomic E-state index is -0.122. The van der Waals surface area contributed by atoms with E-state index in [-0.39, 0.29) is 11.5 Å². The first-order valence-corrected chi connectivity index (χ1v) is 7.29. The summed E-state index contributed by atoms with van der Waals surface area (Å²) in [5.74, 6) is -0.122. The van der Waals surface area contributed by atoms with Crippen LogP contribution in [0.5, 0.6) is 0 Å². The van der Waals surface area contributed by atoms with Crippen LogP contribution in [0.25, 0.3) is 16.5 Å². The van der Waals surface area contributed by atoms with Gasteiger partial charge in [0.15, 0.2) is 0 Å². The molecule has 116 valence electrons. The first-order chi connectivity index (χ1) is 10.5. The first kappa shape index (κ1) is 15.8. The molecule has 0 radical (unpaired) electrons.